The van der Waals surface area contributed by atoms with E-state index >= 15 is 0 Å². The average Bonchev–Trinajstić information content (AvgIpc) is 2.55. The Morgan fingerprint density at radius 3 is 2.79 bits per heavy atom. The van der Waals surface area contributed by atoms with E-state index in [0.29, 0.717) is 31.3 Å². The van der Waals surface area contributed by atoms with Crippen LogP contribution in [0.15, 0.2) is 36.5 Å². The van der Waals surface area contributed by atoms with Crippen molar-refractivity contribution in [3.05, 3.63) is 47.9 Å². The number of nitrogens with two attached hydrogens (primary N) is 1. The molecule has 0 saturated carbocycles. The topological polar surface area (TPSA) is 73.5 Å². The molecule has 8 heteroatoms. The minimum atomic E-state index is -2.82. The Morgan fingerprint density at radius 1 is 1.29 bits per heavy atom. The van der Waals surface area contributed by atoms with Crippen LogP contribution in [0.3, 0.4) is 0 Å². The van der Waals surface area contributed by atoms with Crippen molar-refractivity contribution in [2.75, 3.05) is 25.4 Å². The molecule has 0 amide bonds. The molecule has 1 fully saturated rings. The fraction of sp³-hybridized carbons (Fsp3) is 0.375. The van der Waals surface area contributed by atoms with E-state index in [1.54, 1.807) is 24.4 Å². The predicted molar refractivity (Wildman–Crippen MR) is 83.5 cm³/mol. The van der Waals surface area contributed by atoms with Gasteiger partial charge in [0.25, 0.3) is 0 Å². The molecule has 1 aliphatic rings. The van der Waals surface area contributed by atoms with Gasteiger partial charge < -0.3 is 15.2 Å². The molecule has 2 heterocycles. The second-order valence-electron chi connectivity index (χ2n) is 5.44. The van der Waals surface area contributed by atoms with Gasteiger partial charge in [0.05, 0.1) is 19.3 Å². The minimum absolute atomic E-state index is 0.134. The number of rotatable bonds is 5. The van der Waals surface area contributed by atoms with E-state index < -0.39 is 6.61 Å². The Hall–Kier alpha value is -2.32. The molecule has 0 aliphatic carbocycles. The lowest BCUT2D eigenvalue weighted by molar-refractivity contribution is -0.0500. The summed E-state index contributed by atoms with van der Waals surface area (Å²) in [6, 6.07) is 8.16. The first-order chi connectivity index (χ1) is 11.6. The van der Waals surface area contributed by atoms with Crippen LogP contribution in [0.2, 0.25) is 0 Å². The van der Waals surface area contributed by atoms with E-state index in [-0.39, 0.29) is 11.9 Å². The molecule has 2 aromatic rings. The van der Waals surface area contributed by atoms with Crippen molar-refractivity contribution in [1.29, 1.82) is 0 Å². The fourth-order valence-electron chi connectivity index (χ4n) is 2.60. The number of anilines is 1. The summed E-state index contributed by atoms with van der Waals surface area (Å²) in [4.78, 5) is 10.6. The number of ether oxygens (including phenoxy) is 2. The van der Waals surface area contributed by atoms with Crippen LogP contribution in [0, 0.1) is 0 Å². The summed E-state index contributed by atoms with van der Waals surface area (Å²) >= 11 is 0. The summed E-state index contributed by atoms with van der Waals surface area (Å²) in [6.07, 6.45) is 1.50. The Bertz CT molecular complexity index is 669. The van der Waals surface area contributed by atoms with Gasteiger partial charge in [-0.15, -0.1) is 0 Å². The summed E-state index contributed by atoms with van der Waals surface area (Å²) < 4.78 is 34.5. The third-order valence-electron chi connectivity index (χ3n) is 3.72. The summed E-state index contributed by atoms with van der Waals surface area (Å²) in [5.74, 6) is 1.24. The number of nitrogen functional groups attached to an aromatic ring is 1. The number of hydrogen-bond acceptors (Lipinski definition) is 6. The van der Waals surface area contributed by atoms with Crippen molar-refractivity contribution in [1.82, 2.24) is 14.9 Å². The van der Waals surface area contributed by atoms with Gasteiger partial charge in [0.2, 0.25) is 0 Å². The molecular formula is C16H18F2N4O2. The van der Waals surface area contributed by atoms with Crippen LogP contribution in [-0.2, 0) is 11.3 Å². The van der Waals surface area contributed by atoms with Crippen LogP contribution >= 0.6 is 0 Å². The van der Waals surface area contributed by atoms with Gasteiger partial charge in [0, 0.05) is 19.3 Å². The van der Waals surface area contributed by atoms with Gasteiger partial charge in [-0.3, -0.25) is 4.90 Å². The third kappa shape index (κ3) is 4.36. The van der Waals surface area contributed by atoms with E-state index in [1.165, 1.54) is 12.1 Å². The molecule has 1 aliphatic heterocycles. The minimum Gasteiger partial charge on any atom is -0.435 e. The molecule has 6 nitrogen and oxygen atoms in total. The van der Waals surface area contributed by atoms with Gasteiger partial charge in [-0.1, -0.05) is 12.1 Å². The largest absolute Gasteiger partial charge is 0.435 e. The lowest BCUT2D eigenvalue weighted by Gasteiger charge is -2.32. The van der Waals surface area contributed by atoms with E-state index in [2.05, 4.69) is 19.6 Å². The first-order valence-electron chi connectivity index (χ1n) is 7.56. The molecule has 0 bridgehead atoms. The summed E-state index contributed by atoms with van der Waals surface area (Å²) in [5.41, 5.74) is 6.58. The van der Waals surface area contributed by atoms with Gasteiger partial charge in [-0.25, -0.2) is 9.97 Å². The zero-order valence-corrected chi connectivity index (χ0v) is 12.9. The molecular weight excluding hydrogens is 318 g/mol. The monoisotopic (exact) mass is 336 g/mol. The Labute approximate surface area is 138 Å². The molecule has 1 aromatic carbocycles. The second-order valence-corrected chi connectivity index (χ2v) is 5.44. The van der Waals surface area contributed by atoms with Crippen molar-refractivity contribution >= 4 is 5.82 Å². The number of morpholine rings is 1. The van der Waals surface area contributed by atoms with E-state index in [0.717, 1.165) is 12.1 Å². The number of benzene rings is 1. The normalized spacial score (nSPS) is 18.7. The zero-order valence-electron chi connectivity index (χ0n) is 12.9. The highest BCUT2D eigenvalue weighted by molar-refractivity contribution is 5.29. The molecule has 3 rings (SSSR count). The van der Waals surface area contributed by atoms with Crippen LogP contribution in [0.5, 0.6) is 5.75 Å². The molecule has 2 N–H and O–H groups in total. The molecule has 1 saturated heterocycles. The molecule has 0 spiro atoms. The van der Waals surface area contributed by atoms with E-state index in [4.69, 9.17) is 10.5 Å². The Kier molecular flexibility index (Phi) is 5.17. The standard InChI is InChI=1S/C16H18F2N4O2/c17-16(18)24-12-3-1-11(2-4-12)13-9-22(7-8-23-13)10-15-20-6-5-14(19)21-15/h1-6,13,16H,7-10H2,(H2,19,20,21)/t13-/m0/s1. The first-order valence-corrected chi connectivity index (χ1v) is 7.56. The highest BCUT2D eigenvalue weighted by atomic mass is 19.3. The highest BCUT2D eigenvalue weighted by Gasteiger charge is 2.22. The van der Waals surface area contributed by atoms with Crippen LogP contribution in [-0.4, -0.2) is 41.2 Å². The smallest absolute Gasteiger partial charge is 0.387 e. The van der Waals surface area contributed by atoms with Gasteiger partial charge in [0.15, 0.2) is 0 Å². The van der Waals surface area contributed by atoms with Crippen LogP contribution < -0.4 is 10.5 Å². The average molecular weight is 336 g/mol. The lowest BCUT2D eigenvalue weighted by Crippen LogP contribution is -2.38. The lowest BCUT2D eigenvalue weighted by atomic mass is 10.1. The SMILES string of the molecule is Nc1ccnc(CN2CCO[C@H](c3ccc(OC(F)F)cc3)C2)n1. The first kappa shape index (κ1) is 16.5. The van der Waals surface area contributed by atoms with Crippen molar-refractivity contribution in [3.8, 4) is 5.75 Å². The Morgan fingerprint density at radius 2 is 2.08 bits per heavy atom. The van der Waals surface area contributed by atoms with Gasteiger partial charge >= 0.3 is 6.61 Å². The van der Waals surface area contributed by atoms with E-state index in [1.807, 2.05) is 0 Å². The van der Waals surface area contributed by atoms with Gasteiger partial charge in [-0.05, 0) is 23.8 Å². The van der Waals surface area contributed by atoms with Crippen molar-refractivity contribution in [2.24, 2.45) is 0 Å². The van der Waals surface area contributed by atoms with Gasteiger partial charge in [0.1, 0.15) is 17.4 Å². The summed E-state index contributed by atoms with van der Waals surface area (Å²) in [6.45, 7) is -0.246. The van der Waals surface area contributed by atoms with Crippen LogP contribution in [0.1, 0.15) is 17.5 Å². The zero-order chi connectivity index (χ0) is 16.9. The maximum Gasteiger partial charge on any atom is 0.387 e. The fourth-order valence-corrected chi connectivity index (χ4v) is 2.60. The number of hydrogen-bond donors (Lipinski definition) is 1. The molecule has 1 aromatic heterocycles. The van der Waals surface area contributed by atoms with E-state index in [9.17, 15) is 8.78 Å². The number of alkyl halides is 2. The number of aromatic nitrogens is 2. The maximum absolute atomic E-state index is 12.2. The third-order valence-corrected chi connectivity index (χ3v) is 3.72. The van der Waals surface area contributed by atoms with Gasteiger partial charge in [-0.2, -0.15) is 8.78 Å². The highest BCUT2D eigenvalue weighted by Crippen LogP contribution is 2.25. The van der Waals surface area contributed by atoms with Crippen LogP contribution in [0.4, 0.5) is 14.6 Å². The number of nitrogens with zero attached hydrogens (tertiary/aromatic N) is 3. The molecule has 24 heavy (non-hydrogen) atoms. The maximum atomic E-state index is 12.2. The van der Waals surface area contributed by atoms with Crippen molar-refractivity contribution in [3.63, 3.8) is 0 Å². The summed E-state index contributed by atoms with van der Waals surface area (Å²) in [5, 5.41) is 0. The van der Waals surface area contributed by atoms with Crippen molar-refractivity contribution < 1.29 is 18.3 Å². The Balaban J connectivity index is 1.62. The summed E-state index contributed by atoms with van der Waals surface area (Å²) in [7, 11) is 0. The van der Waals surface area contributed by atoms with Crippen LogP contribution in [0.25, 0.3) is 0 Å². The molecule has 1 atom stereocenters. The van der Waals surface area contributed by atoms with Crippen molar-refractivity contribution in [2.45, 2.75) is 19.3 Å². The molecule has 0 unspecified atom stereocenters. The predicted octanol–water partition coefficient (Wildman–Crippen LogP) is 2.23. The quantitative estimate of drug-likeness (QED) is 0.903. The molecule has 0 radical (unpaired) electrons. The number of halogens is 2. The second kappa shape index (κ2) is 7.50. The molecule has 128 valence electrons.